The molecule has 4 nitrogen and oxygen atoms in total. The summed E-state index contributed by atoms with van der Waals surface area (Å²) in [5.41, 5.74) is 5.49. The second kappa shape index (κ2) is 7.49. The summed E-state index contributed by atoms with van der Waals surface area (Å²) in [5.74, 6) is 0. The molecule has 0 saturated heterocycles. The molecule has 0 saturated carbocycles. The van der Waals surface area contributed by atoms with Crippen molar-refractivity contribution in [1.29, 1.82) is 0 Å². The summed E-state index contributed by atoms with van der Waals surface area (Å²) in [5, 5.41) is 11.8. The van der Waals surface area contributed by atoms with Gasteiger partial charge < -0.3 is 21.1 Å². The fourth-order valence-electron chi connectivity index (χ4n) is 0.872. The summed E-state index contributed by atoms with van der Waals surface area (Å²) >= 11 is 0. The standard InChI is InChI=1S/C8H21N3O/c1-11(2)5-3-4-10-6-8(9)7-12/h8,10,12H,3-7,9H2,1-2H3. The highest BCUT2D eigenvalue weighted by Crippen LogP contribution is 1.80. The van der Waals surface area contributed by atoms with Crippen LogP contribution in [0.15, 0.2) is 0 Å². The van der Waals surface area contributed by atoms with E-state index in [4.69, 9.17) is 10.8 Å². The molecule has 0 aliphatic carbocycles. The van der Waals surface area contributed by atoms with Gasteiger partial charge in [0.1, 0.15) is 0 Å². The SMILES string of the molecule is CN(C)CCCNCC(N)CO. The van der Waals surface area contributed by atoms with Crippen molar-refractivity contribution < 1.29 is 5.11 Å². The Morgan fingerprint density at radius 2 is 2.17 bits per heavy atom. The van der Waals surface area contributed by atoms with Crippen LogP contribution < -0.4 is 11.1 Å². The number of nitrogens with two attached hydrogens (primary N) is 1. The molecule has 0 rings (SSSR count). The predicted molar refractivity (Wildman–Crippen MR) is 51.1 cm³/mol. The van der Waals surface area contributed by atoms with Crippen LogP contribution in [0, 0.1) is 0 Å². The summed E-state index contributed by atoms with van der Waals surface area (Å²) in [6.45, 7) is 2.80. The molecule has 0 bridgehead atoms. The fourth-order valence-corrected chi connectivity index (χ4v) is 0.872. The summed E-state index contributed by atoms with van der Waals surface area (Å²) in [7, 11) is 4.11. The van der Waals surface area contributed by atoms with Crippen molar-refractivity contribution in [2.75, 3.05) is 40.3 Å². The van der Waals surface area contributed by atoms with Crippen LogP contribution in [0.5, 0.6) is 0 Å². The second-order valence-electron chi connectivity index (χ2n) is 3.30. The highest BCUT2D eigenvalue weighted by molar-refractivity contribution is 4.62. The third kappa shape index (κ3) is 7.94. The van der Waals surface area contributed by atoms with Crippen LogP contribution in [0.1, 0.15) is 6.42 Å². The van der Waals surface area contributed by atoms with E-state index in [2.05, 4.69) is 24.3 Å². The van der Waals surface area contributed by atoms with Crippen LogP contribution in [0.4, 0.5) is 0 Å². The minimum Gasteiger partial charge on any atom is -0.395 e. The fraction of sp³-hybridized carbons (Fsp3) is 1.00. The largest absolute Gasteiger partial charge is 0.395 e. The van der Waals surface area contributed by atoms with Crippen LogP contribution in [0.3, 0.4) is 0 Å². The van der Waals surface area contributed by atoms with Crippen molar-refractivity contribution in [3.63, 3.8) is 0 Å². The first-order chi connectivity index (χ1) is 5.66. The maximum Gasteiger partial charge on any atom is 0.0594 e. The van der Waals surface area contributed by atoms with Gasteiger partial charge in [0.15, 0.2) is 0 Å². The number of nitrogens with one attached hydrogen (secondary N) is 1. The average Bonchev–Trinajstić information content (AvgIpc) is 2.03. The molecule has 1 atom stereocenters. The monoisotopic (exact) mass is 175 g/mol. The highest BCUT2D eigenvalue weighted by Gasteiger charge is 1.97. The normalized spacial score (nSPS) is 13.8. The zero-order valence-electron chi connectivity index (χ0n) is 8.08. The van der Waals surface area contributed by atoms with Crippen molar-refractivity contribution >= 4 is 0 Å². The van der Waals surface area contributed by atoms with Crippen molar-refractivity contribution in [3.05, 3.63) is 0 Å². The number of hydrogen-bond donors (Lipinski definition) is 3. The quantitative estimate of drug-likeness (QED) is 0.427. The van der Waals surface area contributed by atoms with Gasteiger partial charge in [-0.05, 0) is 33.6 Å². The number of hydrogen-bond acceptors (Lipinski definition) is 4. The topological polar surface area (TPSA) is 61.5 Å². The van der Waals surface area contributed by atoms with E-state index in [0.29, 0.717) is 6.54 Å². The summed E-state index contributed by atoms with van der Waals surface area (Å²) in [6, 6.07) is -0.121. The Labute approximate surface area is 74.7 Å². The Morgan fingerprint density at radius 3 is 2.67 bits per heavy atom. The molecule has 4 heteroatoms. The number of aliphatic hydroxyl groups excluding tert-OH is 1. The van der Waals surface area contributed by atoms with E-state index in [9.17, 15) is 0 Å². The lowest BCUT2D eigenvalue weighted by Gasteiger charge is -2.11. The van der Waals surface area contributed by atoms with Crippen LogP contribution in [0.2, 0.25) is 0 Å². The van der Waals surface area contributed by atoms with Gasteiger partial charge in [-0.1, -0.05) is 0 Å². The van der Waals surface area contributed by atoms with Crippen LogP contribution in [-0.4, -0.2) is 56.4 Å². The summed E-state index contributed by atoms with van der Waals surface area (Å²) < 4.78 is 0. The Morgan fingerprint density at radius 1 is 1.50 bits per heavy atom. The lowest BCUT2D eigenvalue weighted by Crippen LogP contribution is -2.37. The molecule has 0 aromatic heterocycles. The maximum absolute atomic E-state index is 8.61. The lowest BCUT2D eigenvalue weighted by molar-refractivity contribution is 0.262. The van der Waals surface area contributed by atoms with E-state index in [0.717, 1.165) is 19.5 Å². The average molecular weight is 175 g/mol. The molecule has 74 valence electrons. The van der Waals surface area contributed by atoms with E-state index in [1.807, 2.05) is 0 Å². The molecule has 0 fully saturated rings. The van der Waals surface area contributed by atoms with Gasteiger partial charge in [-0.3, -0.25) is 0 Å². The molecule has 12 heavy (non-hydrogen) atoms. The zero-order valence-corrected chi connectivity index (χ0v) is 8.08. The Balaban J connectivity index is 3.00. The minimum atomic E-state index is -0.121. The van der Waals surface area contributed by atoms with Gasteiger partial charge in [0.2, 0.25) is 0 Å². The predicted octanol–water partition coefficient (Wildman–Crippen LogP) is -1.15. The Hall–Kier alpha value is -0.160. The molecule has 4 N–H and O–H groups in total. The molecule has 0 aromatic carbocycles. The lowest BCUT2D eigenvalue weighted by atomic mass is 10.3. The van der Waals surface area contributed by atoms with Gasteiger partial charge >= 0.3 is 0 Å². The van der Waals surface area contributed by atoms with Crippen molar-refractivity contribution in [2.24, 2.45) is 5.73 Å². The maximum atomic E-state index is 8.61. The molecule has 0 heterocycles. The molecular weight excluding hydrogens is 154 g/mol. The van der Waals surface area contributed by atoms with E-state index in [-0.39, 0.29) is 12.6 Å². The van der Waals surface area contributed by atoms with Gasteiger partial charge in [-0.2, -0.15) is 0 Å². The first-order valence-corrected chi connectivity index (χ1v) is 4.38. The molecule has 0 aromatic rings. The van der Waals surface area contributed by atoms with Crippen LogP contribution >= 0.6 is 0 Å². The number of aliphatic hydroxyl groups is 1. The van der Waals surface area contributed by atoms with Crippen LogP contribution in [-0.2, 0) is 0 Å². The van der Waals surface area contributed by atoms with Crippen molar-refractivity contribution in [2.45, 2.75) is 12.5 Å². The van der Waals surface area contributed by atoms with Gasteiger partial charge in [-0.25, -0.2) is 0 Å². The van der Waals surface area contributed by atoms with Gasteiger partial charge in [0, 0.05) is 12.6 Å². The van der Waals surface area contributed by atoms with E-state index >= 15 is 0 Å². The van der Waals surface area contributed by atoms with Crippen LogP contribution in [0.25, 0.3) is 0 Å². The number of rotatable bonds is 7. The van der Waals surface area contributed by atoms with E-state index < -0.39 is 0 Å². The van der Waals surface area contributed by atoms with Crippen molar-refractivity contribution in [1.82, 2.24) is 10.2 Å². The molecule has 0 radical (unpaired) electrons. The molecule has 0 aliphatic heterocycles. The first kappa shape index (κ1) is 11.8. The van der Waals surface area contributed by atoms with Crippen molar-refractivity contribution in [3.8, 4) is 0 Å². The molecular formula is C8H21N3O. The smallest absolute Gasteiger partial charge is 0.0594 e. The summed E-state index contributed by atoms with van der Waals surface area (Å²) in [6.07, 6.45) is 1.12. The first-order valence-electron chi connectivity index (χ1n) is 4.38. The molecule has 0 amide bonds. The Bertz CT molecular complexity index is 98.3. The molecule has 0 spiro atoms. The van der Waals surface area contributed by atoms with Gasteiger partial charge in [0.25, 0.3) is 0 Å². The van der Waals surface area contributed by atoms with E-state index in [1.54, 1.807) is 0 Å². The third-order valence-electron chi connectivity index (χ3n) is 1.60. The third-order valence-corrected chi connectivity index (χ3v) is 1.60. The van der Waals surface area contributed by atoms with Gasteiger partial charge in [0.05, 0.1) is 6.61 Å². The van der Waals surface area contributed by atoms with Gasteiger partial charge in [-0.15, -0.1) is 0 Å². The second-order valence-corrected chi connectivity index (χ2v) is 3.30. The minimum absolute atomic E-state index is 0.0562. The number of nitrogens with zero attached hydrogens (tertiary/aromatic N) is 1. The van der Waals surface area contributed by atoms with E-state index in [1.165, 1.54) is 0 Å². The zero-order chi connectivity index (χ0) is 9.40. The highest BCUT2D eigenvalue weighted by atomic mass is 16.3. The molecule has 0 aliphatic rings. The summed E-state index contributed by atoms with van der Waals surface area (Å²) in [4.78, 5) is 2.15. The molecule has 1 unspecified atom stereocenters. The Kier molecular flexibility index (Phi) is 7.39.